The van der Waals surface area contributed by atoms with Crippen LogP contribution < -0.4 is 9.80 Å². The van der Waals surface area contributed by atoms with E-state index in [4.69, 9.17) is 4.42 Å². The lowest BCUT2D eigenvalue weighted by Gasteiger charge is -2.30. The number of furan rings is 1. The van der Waals surface area contributed by atoms with Gasteiger partial charge in [0.25, 0.3) is 0 Å². The van der Waals surface area contributed by atoms with E-state index in [1.54, 1.807) is 0 Å². The number of rotatable bonds is 8. The number of para-hydroxylation sites is 4. The predicted octanol–water partition coefficient (Wildman–Crippen LogP) is 20.3. The fourth-order valence-electron chi connectivity index (χ4n) is 11.8. The average molecular weight is 966 g/mol. The van der Waals surface area contributed by atoms with Gasteiger partial charge in [0.05, 0.1) is 11.0 Å². The zero-order valence-corrected chi connectivity index (χ0v) is 41.4. The molecule has 1 aliphatic rings. The van der Waals surface area contributed by atoms with Gasteiger partial charge < -0.3 is 18.8 Å². The molecule has 0 amide bonds. The molecule has 11 aromatic carbocycles. The topological polar surface area (TPSA) is 24.6 Å². The van der Waals surface area contributed by atoms with Crippen LogP contribution in [-0.4, -0.2) is 4.57 Å². The Labute approximate surface area is 432 Å². The maximum Gasteiger partial charge on any atom is 0.135 e. The Balaban J connectivity index is 0.992. The van der Waals surface area contributed by atoms with E-state index in [-0.39, 0.29) is 0 Å². The molecule has 4 nitrogen and oxygen atoms in total. The highest BCUT2D eigenvalue weighted by atomic mass is 32.1. The Morgan fingerprint density at radius 3 is 1.85 bits per heavy atom. The van der Waals surface area contributed by atoms with Gasteiger partial charge in [0.1, 0.15) is 11.2 Å². The van der Waals surface area contributed by atoms with Gasteiger partial charge in [0.2, 0.25) is 0 Å². The van der Waals surface area contributed by atoms with Gasteiger partial charge in [-0.2, -0.15) is 0 Å². The molecule has 0 saturated carbocycles. The second-order valence-corrected chi connectivity index (χ2v) is 20.8. The van der Waals surface area contributed by atoms with E-state index in [0.717, 1.165) is 79.3 Å². The van der Waals surface area contributed by atoms with Crippen LogP contribution in [-0.2, 0) is 0 Å². The molecule has 0 saturated heterocycles. The second-order valence-electron chi connectivity index (χ2n) is 19.7. The summed E-state index contributed by atoms with van der Waals surface area (Å²) in [7, 11) is 0. The van der Waals surface area contributed by atoms with Crippen LogP contribution in [0.3, 0.4) is 0 Å². The van der Waals surface area contributed by atoms with Crippen LogP contribution in [0.4, 0.5) is 34.1 Å². The van der Waals surface area contributed by atoms with Crippen LogP contribution in [0.15, 0.2) is 247 Å². The van der Waals surface area contributed by atoms with Crippen LogP contribution in [0.5, 0.6) is 0 Å². The van der Waals surface area contributed by atoms with Crippen molar-refractivity contribution in [2.75, 3.05) is 9.80 Å². The van der Waals surface area contributed by atoms with Crippen LogP contribution in [0.1, 0.15) is 29.7 Å². The summed E-state index contributed by atoms with van der Waals surface area (Å²) < 4.78 is 10.2. The van der Waals surface area contributed by atoms with Gasteiger partial charge in [-0.25, -0.2) is 0 Å². The van der Waals surface area contributed by atoms with Gasteiger partial charge in [-0.05, 0) is 172 Å². The summed E-state index contributed by atoms with van der Waals surface area (Å²) in [5.41, 5.74) is 15.3. The standard InChI is InChI=1S/C69H47N3OS/c1-44-16-15-27-67-68(44)58-33-29-48-40-61-60-39-47(30-34-63(60)72(52-23-9-4-10-24-52)64(61)43-59(48)69(58)74-67)49-37-55(70(50-19-5-2-6-20-50)53-31-28-45-17-11-12-18-46(45)36-53)41-56(38-49)71(51-21-7-3-8-22-51)54-32-35-66-62(42-54)57-25-13-14-26-65(57)73-66/h2-15,17-44H,16H2,1H3. The Kier molecular flexibility index (Phi) is 9.76. The van der Waals surface area contributed by atoms with Crippen LogP contribution in [0.25, 0.3) is 98.3 Å². The largest absolute Gasteiger partial charge is 0.456 e. The van der Waals surface area contributed by atoms with Crippen molar-refractivity contribution in [2.45, 2.75) is 19.3 Å². The highest BCUT2D eigenvalue weighted by Gasteiger charge is 2.24. The smallest absolute Gasteiger partial charge is 0.135 e. The third-order valence-corrected chi connectivity index (χ3v) is 16.5. The number of allylic oxidation sites excluding steroid dienone is 1. The van der Waals surface area contributed by atoms with Crippen molar-refractivity contribution in [3.05, 3.63) is 253 Å². The van der Waals surface area contributed by atoms with Crippen LogP contribution in [0.2, 0.25) is 0 Å². The van der Waals surface area contributed by atoms with Crippen LogP contribution >= 0.6 is 11.3 Å². The third-order valence-electron chi connectivity index (χ3n) is 15.3. The first-order valence-corrected chi connectivity index (χ1v) is 26.3. The molecule has 350 valence electrons. The lowest BCUT2D eigenvalue weighted by atomic mass is 9.90. The lowest BCUT2D eigenvalue weighted by Crippen LogP contribution is -2.13. The summed E-state index contributed by atoms with van der Waals surface area (Å²) in [6.07, 6.45) is 5.77. The van der Waals surface area contributed by atoms with Gasteiger partial charge in [-0.1, -0.05) is 134 Å². The summed E-state index contributed by atoms with van der Waals surface area (Å²) in [6, 6.07) is 86.5. The van der Waals surface area contributed by atoms with E-state index in [9.17, 15) is 0 Å². The fraction of sp³-hybridized carbons (Fsp3) is 0.0435. The molecule has 15 rings (SSSR count). The normalized spacial score (nSPS) is 13.5. The molecular formula is C69H47N3OS. The van der Waals surface area contributed by atoms with Crippen molar-refractivity contribution in [1.29, 1.82) is 0 Å². The SMILES string of the molecule is CC1CC=Cc2sc3c(ccc4cc5c6cc(-c7cc(N(c8ccccc8)c8ccc9ccccc9c8)cc(N(c8ccccc8)c8ccc9oc%10ccccc%10c9c8)c7)ccc6n(-c6ccccc6)c5cc43)c21. The number of hydrogen-bond acceptors (Lipinski definition) is 4. The number of anilines is 6. The van der Waals surface area contributed by atoms with E-state index in [0.29, 0.717) is 5.92 Å². The van der Waals surface area contributed by atoms with Gasteiger partial charge >= 0.3 is 0 Å². The second kappa shape index (κ2) is 17.0. The molecule has 14 aromatic rings. The lowest BCUT2D eigenvalue weighted by molar-refractivity contribution is 0.669. The van der Waals surface area contributed by atoms with Gasteiger partial charge in [-0.15, -0.1) is 11.3 Å². The molecule has 74 heavy (non-hydrogen) atoms. The molecule has 3 aromatic heterocycles. The number of aromatic nitrogens is 1. The summed E-state index contributed by atoms with van der Waals surface area (Å²) >= 11 is 1.94. The zero-order chi connectivity index (χ0) is 48.9. The van der Waals surface area contributed by atoms with Crippen molar-refractivity contribution in [3.63, 3.8) is 0 Å². The average Bonchev–Trinajstić information content (AvgIpc) is 4.14. The Bertz CT molecular complexity index is 4550. The molecule has 3 heterocycles. The van der Waals surface area contributed by atoms with Gasteiger partial charge in [0, 0.05) is 76.3 Å². The van der Waals surface area contributed by atoms with Crippen molar-refractivity contribution < 1.29 is 4.42 Å². The summed E-state index contributed by atoms with van der Waals surface area (Å²) in [6.45, 7) is 2.37. The molecule has 0 aliphatic heterocycles. The highest BCUT2D eigenvalue weighted by molar-refractivity contribution is 7.21. The minimum atomic E-state index is 0.505. The number of benzene rings is 11. The van der Waals surface area contributed by atoms with Gasteiger partial charge in [0.15, 0.2) is 0 Å². The summed E-state index contributed by atoms with van der Waals surface area (Å²) in [4.78, 5) is 6.19. The Morgan fingerprint density at radius 1 is 0.419 bits per heavy atom. The first-order valence-electron chi connectivity index (χ1n) is 25.5. The van der Waals surface area contributed by atoms with Gasteiger partial charge in [-0.3, -0.25) is 0 Å². The van der Waals surface area contributed by atoms with E-state index in [1.165, 1.54) is 63.9 Å². The predicted molar refractivity (Wildman–Crippen MR) is 315 cm³/mol. The fourth-order valence-corrected chi connectivity index (χ4v) is 13.2. The molecule has 0 spiro atoms. The molecule has 0 fully saturated rings. The highest BCUT2D eigenvalue weighted by Crippen LogP contribution is 2.48. The molecule has 5 heteroatoms. The number of fused-ring (bicyclic) bond motifs is 12. The monoisotopic (exact) mass is 965 g/mol. The molecular weight excluding hydrogens is 919 g/mol. The van der Waals surface area contributed by atoms with Crippen molar-refractivity contribution >= 4 is 127 Å². The minimum Gasteiger partial charge on any atom is -0.456 e. The number of hydrogen-bond donors (Lipinski definition) is 0. The number of thiophene rings is 1. The van der Waals surface area contributed by atoms with Crippen molar-refractivity contribution in [2.24, 2.45) is 0 Å². The van der Waals surface area contributed by atoms with Crippen molar-refractivity contribution in [3.8, 4) is 16.8 Å². The first-order chi connectivity index (χ1) is 36.6. The molecule has 1 atom stereocenters. The van der Waals surface area contributed by atoms with E-state index >= 15 is 0 Å². The minimum absolute atomic E-state index is 0.505. The maximum atomic E-state index is 6.38. The Morgan fingerprint density at radius 2 is 1.07 bits per heavy atom. The van der Waals surface area contributed by atoms with E-state index in [2.05, 4.69) is 258 Å². The Hall–Kier alpha value is -9.16. The van der Waals surface area contributed by atoms with Crippen molar-refractivity contribution in [1.82, 2.24) is 4.57 Å². The third kappa shape index (κ3) is 6.88. The quantitative estimate of drug-likeness (QED) is 0.152. The molecule has 1 unspecified atom stereocenters. The molecule has 1 aliphatic carbocycles. The molecule has 0 bridgehead atoms. The maximum absolute atomic E-state index is 6.38. The van der Waals surface area contributed by atoms with Crippen LogP contribution in [0, 0.1) is 0 Å². The van der Waals surface area contributed by atoms with E-state index in [1.807, 2.05) is 23.5 Å². The first kappa shape index (κ1) is 42.5. The summed E-state index contributed by atoms with van der Waals surface area (Å²) in [5.74, 6) is 0.505. The number of nitrogens with zero attached hydrogens (tertiary/aromatic N) is 3. The summed E-state index contributed by atoms with van der Waals surface area (Å²) in [5, 5.41) is 11.0. The zero-order valence-electron chi connectivity index (χ0n) is 40.6. The molecule has 0 radical (unpaired) electrons. The molecule has 0 N–H and O–H groups in total. The van der Waals surface area contributed by atoms with E-state index < -0.39 is 0 Å².